The third kappa shape index (κ3) is 4.91. The van der Waals surface area contributed by atoms with Crippen molar-refractivity contribution in [1.82, 2.24) is 9.80 Å². The van der Waals surface area contributed by atoms with E-state index < -0.39 is 24.7 Å². The molecule has 0 aromatic heterocycles. The Balaban J connectivity index is 2.47. The van der Waals surface area contributed by atoms with Gasteiger partial charge in [-0.15, -0.1) is 0 Å². The zero-order valence-electron chi connectivity index (χ0n) is 9.70. The summed E-state index contributed by atoms with van der Waals surface area (Å²) in [4.78, 5) is 13.8. The Kier molecular flexibility index (Phi) is 4.76. The molecule has 4 nitrogen and oxygen atoms in total. The van der Waals surface area contributed by atoms with Crippen molar-refractivity contribution < 1.29 is 23.1 Å². The van der Waals surface area contributed by atoms with Crippen LogP contribution in [0.3, 0.4) is 0 Å². The van der Waals surface area contributed by atoms with Crippen LogP contribution >= 0.6 is 0 Å². The molecule has 1 saturated heterocycles. The van der Waals surface area contributed by atoms with Gasteiger partial charge in [0, 0.05) is 19.6 Å². The molecule has 7 heteroatoms. The van der Waals surface area contributed by atoms with E-state index in [1.165, 1.54) is 4.90 Å². The highest BCUT2D eigenvalue weighted by Gasteiger charge is 2.32. The maximum atomic E-state index is 12.2. The first kappa shape index (κ1) is 14.2. The van der Waals surface area contributed by atoms with E-state index in [9.17, 15) is 18.0 Å². The molecule has 1 heterocycles. The number of nitrogens with zero attached hydrogens (tertiary/aromatic N) is 2. The van der Waals surface area contributed by atoms with Gasteiger partial charge in [0.05, 0.1) is 6.54 Å². The number of aliphatic carboxylic acids is 1. The molecule has 0 bridgehead atoms. The third-order valence-electron chi connectivity index (χ3n) is 2.93. The second kappa shape index (κ2) is 5.68. The van der Waals surface area contributed by atoms with Gasteiger partial charge in [-0.1, -0.05) is 0 Å². The van der Waals surface area contributed by atoms with Crippen LogP contribution in [-0.2, 0) is 4.79 Å². The number of hydrogen-bond acceptors (Lipinski definition) is 3. The highest BCUT2D eigenvalue weighted by atomic mass is 19.4. The van der Waals surface area contributed by atoms with Crippen LogP contribution in [0.1, 0.15) is 13.3 Å². The molecule has 0 radical (unpaired) electrons. The normalized spacial score (nSPS) is 22.1. The minimum atomic E-state index is -4.19. The van der Waals surface area contributed by atoms with E-state index in [-0.39, 0.29) is 6.54 Å². The second-order valence-electron chi connectivity index (χ2n) is 4.30. The van der Waals surface area contributed by atoms with Gasteiger partial charge in [0.15, 0.2) is 0 Å². The van der Waals surface area contributed by atoms with Crippen molar-refractivity contribution in [3.05, 3.63) is 0 Å². The number of carboxylic acid groups (broad SMARTS) is 1. The molecule has 1 rings (SSSR count). The van der Waals surface area contributed by atoms with Gasteiger partial charge < -0.3 is 5.11 Å². The summed E-state index contributed by atoms with van der Waals surface area (Å²) in [6.45, 7) is 2.16. The summed E-state index contributed by atoms with van der Waals surface area (Å²) >= 11 is 0. The van der Waals surface area contributed by atoms with Crippen molar-refractivity contribution >= 4 is 5.97 Å². The van der Waals surface area contributed by atoms with E-state index in [1.807, 2.05) is 0 Å². The molecule has 1 aliphatic heterocycles. The van der Waals surface area contributed by atoms with Crippen LogP contribution in [0.5, 0.6) is 0 Å². The molecule has 0 spiro atoms. The first-order valence-corrected chi connectivity index (χ1v) is 5.55. The molecular formula is C10H17F3N2O2. The fraction of sp³-hybridized carbons (Fsp3) is 0.900. The van der Waals surface area contributed by atoms with Crippen molar-refractivity contribution in [2.24, 2.45) is 0 Å². The predicted octanol–water partition coefficient (Wildman–Crippen LogP) is 1.03. The first-order valence-electron chi connectivity index (χ1n) is 5.55. The summed E-state index contributed by atoms with van der Waals surface area (Å²) in [7, 11) is 0. The SMILES string of the molecule is CC(C(=O)O)N1CCCN(CC(F)(F)F)CC1. The van der Waals surface area contributed by atoms with Gasteiger partial charge in [0.1, 0.15) is 6.04 Å². The van der Waals surface area contributed by atoms with Gasteiger partial charge in [-0.25, -0.2) is 0 Å². The molecule has 0 aliphatic carbocycles. The number of hydrogen-bond donors (Lipinski definition) is 1. The van der Waals surface area contributed by atoms with Gasteiger partial charge >= 0.3 is 12.1 Å². The summed E-state index contributed by atoms with van der Waals surface area (Å²) in [6, 6.07) is -0.638. The number of rotatable bonds is 3. The van der Waals surface area contributed by atoms with Gasteiger partial charge in [0.2, 0.25) is 0 Å². The third-order valence-corrected chi connectivity index (χ3v) is 2.93. The zero-order chi connectivity index (χ0) is 13.1. The van der Waals surface area contributed by atoms with Gasteiger partial charge in [-0.2, -0.15) is 13.2 Å². The van der Waals surface area contributed by atoms with Gasteiger partial charge in [0.25, 0.3) is 0 Å². The number of carbonyl (C=O) groups is 1. The zero-order valence-corrected chi connectivity index (χ0v) is 9.70. The van der Waals surface area contributed by atoms with Gasteiger partial charge in [-0.3, -0.25) is 14.6 Å². The Morgan fingerprint density at radius 2 is 1.94 bits per heavy atom. The van der Waals surface area contributed by atoms with Crippen LogP contribution in [0, 0.1) is 0 Å². The summed E-state index contributed by atoms with van der Waals surface area (Å²) in [6.07, 6.45) is -3.62. The molecule has 0 amide bonds. The Morgan fingerprint density at radius 3 is 2.47 bits per heavy atom. The average Bonchev–Trinajstić information content (AvgIpc) is 2.39. The van der Waals surface area contributed by atoms with Crippen LogP contribution in [0.25, 0.3) is 0 Å². The molecule has 0 aromatic rings. The Labute approximate surface area is 98.0 Å². The molecule has 1 atom stereocenters. The lowest BCUT2D eigenvalue weighted by atomic mass is 10.2. The van der Waals surface area contributed by atoms with E-state index in [2.05, 4.69) is 0 Å². The summed E-state index contributed by atoms with van der Waals surface area (Å²) in [5, 5.41) is 8.84. The van der Waals surface area contributed by atoms with Crippen molar-refractivity contribution in [2.45, 2.75) is 25.6 Å². The average molecular weight is 254 g/mol. The quantitative estimate of drug-likeness (QED) is 0.817. The van der Waals surface area contributed by atoms with E-state index in [4.69, 9.17) is 5.11 Å². The van der Waals surface area contributed by atoms with Crippen LogP contribution in [0.2, 0.25) is 0 Å². The van der Waals surface area contributed by atoms with Crippen molar-refractivity contribution in [3.8, 4) is 0 Å². The molecule has 100 valence electrons. The molecule has 1 N–H and O–H groups in total. The highest BCUT2D eigenvalue weighted by molar-refractivity contribution is 5.72. The van der Waals surface area contributed by atoms with E-state index in [1.54, 1.807) is 11.8 Å². The lowest BCUT2D eigenvalue weighted by molar-refractivity contribution is -0.146. The van der Waals surface area contributed by atoms with Crippen molar-refractivity contribution in [3.63, 3.8) is 0 Å². The highest BCUT2D eigenvalue weighted by Crippen LogP contribution is 2.18. The Hall–Kier alpha value is -0.820. The standard InChI is InChI=1S/C10H17F3N2O2/c1-8(9(16)17)15-4-2-3-14(5-6-15)7-10(11,12)13/h8H,2-7H2,1H3,(H,16,17). The maximum absolute atomic E-state index is 12.2. The maximum Gasteiger partial charge on any atom is 0.401 e. The smallest absolute Gasteiger partial charge is 0.401 e. The van der Waals surface area contributed by atoms with Gasteiger partial charge in [-0.05, 0) is 19.9 Å². The minimum absolute atomic E-state index is 0.261. The van der Waals surface area contributed by atoms with E-state index in [0.717, 1.165) is 0 Å². The number of halogens is 3. The monoisotopic (exact) mass is 254 g/mol. The first-order chi connectivity index (χ1) is 7.79. The molecule has 1 aliphatic rings. The molecule has 1 fully saturated rings. The van der Waals surface area contributed by atoms with Crippen LogP contribution < -0.4 is 0 Å². The molecule has 17 heavy (non-hydrogen) atoms. The topological polar surface area (TPSA) is 43.8 Å². The summed E-state index contributed by atoms with van der Waals surface area (Å²) in [5.74, 6) is -0.936. The molecule has 1 unspecified atom stereocenters. The van der Waals surface area contributed by atoms with Crippen molar-refractivity contribution in [2.75, 3.05) is 32.7 Å². The minimum Gasteiger partial charge on any atom is -0.480 e. The largest absolute Gasteiger partial charge is 0.480 e. The lowest BCUT2D eigenvalue weighted by Gasteiger charge is -2.25. The van der Waals surface area contributed by atoms with E-state index >= 15 is 0 Å². The summed E-state index contributed by atoms with van der Waals surface area (Å²) < 4.78 is 36.6. The Bertz CT molecular complexity index is 271. The molecular weight excluding hydrogens is 237 g/mol. The van der Waals surface area contributed by atoms with Crippen LogP contribution in [-0.4, -0.2) is 65.8 Å². The number of alkyl halides is 3. The number of carboxylic acids is 1. The second-order valence-corrected chi connectivity index (χ2v) is 4.30. The predicted molar refractivity (Wildman–Crippen MR) is 55.8 cm³/mol. The van der Waals surface area contributed by atoms with Crippen LogP contribution in [0.15, 0.2) is 0 Å². The van der Waals surface area contributed by atoms with Crippen LogP contribution in [0.4, 0.5) is 13.2 Å². The molecule has 0 aromatic carbocycles. The Morgan fingerprint density at radius 1 is 1.29 bits per heavy atom. The lowest BCUT2D eigenvalue weighted by Crippen LogP contribution is -2.42. The van der Waals surface area contributed by atoms with E-state index in [0.29, 0.717) is 26.1 Å². The fourth-order valence-corrected chi connectivity index (χ4v) is 1.95. The van der Waals surface area contributed by atoms with Crippen molar-refractivity contribution in [1.29, 1.82) is 0 Å². The molecule has 0 saturated carbocycles. The summed E-state index contributed by atoms with van der Waals surface area (Å²) in [5.41, 5.74) is 0. The fourth-order valence-electron chi connectivity index (χ4n) is 1.95.